The minimum Gasteiger partial charge on any atom is -0.375 e. The molecule has 0 radical (unpaired) electrons. The molecule has 14 heavy (non-hydrogen) atoms. The van der Waals surface area contributed by atoms with Crippen LogP contribution in [0, 0.1) is 11.6 Å². The van der Waals surface area contributed by atoms with E-state index in [2.05, 4.69) is 28.1 Å². The van der Waals surface area contributed by atoms with E-state index in [4.69, 9.17) is 11.6 Å². The van der Waals surface area contributed by atoms with Crippen molar-refractivity contribution in [3.05, 3.63) is 28.2 Å². The zero-order chi connectivity index (χ0) is 10.9. The zero-order valence-corrected chi connectivity index (χ0v) is 9.20. The molecule has 0 saturated heterocycles. The van der Waals surface area contributed by atoms with Crippen molar-refractivity contribution in [2.45, 2.75) is 0 Å². The first kappa shape index (κ1) is 11.3. The molecule has 0 bridgehead atoms. The van der Waals surface area contributed by atoms with Gasteiger partial charge < -0.3 is 5.73 Å². The average molecular weight is 282 g/mol. The second-order valence-corrected chi connectivity index (χ2v) is 3.70. The molecular formula is C7H6BrF2N3S. The number of rotatable bonds is 1. The van der Waals surface area contributed by atoms with Gasteiger partial charge in [-0.1, -0.05) is 0 Å². The topological polar surface area (TPSA) is 55.3 Å². The van der Waals surface area contributed by atoms with E-state index in [0.29, 0.717) is 6.07 Å². The summed E-state index contributed by atoms with van der Waals surface area (Å²) in [7, 11) is 0. The van der Waals surface area contributed by atoms with Gasteiger partial charge in [-0.3, -0.25) is 5.01 Å². The Hall–Kier alpha value is -0.790. The summed E-state index contributed by atoms with van der Waals surface area (Å²) in [6.07, 6.45) is 0. The number of hydrazine groups is 1. The Kier molecular flexibility index (Phi) is 3.35. The molecule has 0 unspecified atom stereocenters. The van der Waals surface area contributed by atoms with Crippen molar-refractivity contribution in [1.29, 1.82) is 0 Å². The minimum atomic E-state index is -0.841. The predicted molar refractivity (Wildman–Crippen MR) is 57.5 cm³/mol. The third-order valence-electron chi connectivity index (χ3n) is 1.46. The number of benzene rings is 1. The molecule has 1 rings (SSSR count). The van der Waals surface area contributed by atoms with Crippen LogP contribution in [0.4, 0.5) is 14.5 Å². The summed E-state index contributed by atoms with van der Waals surface area (Å²) in [5.41, 5.74) is 5.10. The first-order chi connectivity index (χ1) is 6.43. The number of halogens is 3. The van der Waals surface area contributed by atoms with Crippen LogP contribution in [0.5, 0.6) is 0 Å². The van der Waals surface area contributed by atoms with Gasteiger partial charge in [0.2, 0.25) is 0 Å². The van der Waals surface area contributed by atoms with Gasteiger partial charge in [0.05, 0.1) is 0 Å². The SMILES string of the molecule is NC(=S)N(N)c1c(F)cc(F)cc1Br. The molecule has 4 N–H and O–H groups in total. The van der Waals surface area contributed by atoms with Crippen LogP contribution in [0.3, 0.4) is 0 Å². The smallest absolute Gasteiger partial charge is 0.185 e. The molecular weight excluding hydrogens is 276 g/mol. The quantitative estimate of drug-likeness (QED) is 0.467. The highest BCUT2D eigenvalue weighted by molar-refractivity contribution is 9.10. The fourth-order valence-corrected chi connectivity index (χ4v) is 1.57. The summed E-state index contributed by atoms with van der Waals surface area (Å²) < 4.78 is 26.0. The molecule has 0 aliphatic carbocycles. The summed E-state index contributed by atoms with van der Waals surface area (Å²) in [5, 5.41) is 0.546. The van der Waals surface area contributed by atoms with E-state index in [9.17, 15) is 8.78 Å². The summed E-state index contributed by atoms with van der Waals surface area (Å²) in [6, 6.07) is 1.76. The average Bonchev–Trinajstić information content (AvgIpc) is 2.01. The van der Waals surface area contributed by atoms with Gasteiger partial charge in [-0.15, -0.1) is 0 Å². The lowest BCUT2D eigenvalue weighted by Crippen LogP contribution is -2.42. The van der Waals surface area contributed by atoms with Crippen LogP contribution in [0.15, 0.2) is 16.6 Å². The van der Waals surface area contributed by atoms with Crippen LogP contribution in [-0.4, -0.2) is 5.11 Å². The molecule has 7 heteroatoms. The van der Waals surface area contributed by atoms with Crippen molar-refractivity contribution in [3.8, 4) is 0 Å². The van der Waals surface area contributed by atoms with Gasteiger partial charge in [-0.05, 0) is 34.2 Å². The molecule has 0 amide bonds. The normalized spacial score (nSPS) is 10.0. The van der Waals surface area contributed by atoms with E-state index in [1.807, 2.05) is 0 Å². The molecule has 76 valence electrons. The lowest BCUT2D eigenvalue weighted by atomic mass is 10.3. The van der Waals surface area contributed by atoms with Crippen molar-refractivity contribution in [2.75, 3.05) is 5.01 Å². The van der Waals surface area contributed by atoms with Gasteiger partial charge in [0.1, 0.15) is 11.5 Å². The second kappa shape index (κ2) is 4.16. The number of anilines is 1. The Bertz CT molecular complexity index is 362. The van der Waals surface area contributed by atoms with Gasteiger partial charge in [0.25, 0.3) is 0 Å². The van der Waals surface area contributed by atoms with E-state index in [1.54, 1.807) is 0 Å². The van der Waals surface area contributed by atoms with Crippen LogP contribution in [0.25, 0.3) is 0 Å². The highest BCUT2D eigenvalue weighted by Crippen LogP contribution is 2.28. The maximum absolute atomic E-state index is 13.2. The molecule has 0 spiro atoms. The molecule has 0 fully saturated rings. The van der Waals surface area contributed by atoms with Gasteiger partial charge in [0.15, 0.2) is 10.9 Å². The maximum Gasteiger partial charge on any atom is 0.185 e. The van der Waals surface area contributed by atoms with Crippen molar-refractivity contribution in [3.63, 3.8) is 0 Å². The number of thiocarbonyl (C=S) groups is 1. The van der Waals surface area contributed by atoms with E-state index < -0.39 is 11.6 Å². The van der Waals surface area contributed by atoms with Crippen LogP contribution < -0.4 is 16.6 Å². The molecule has 0 saturated carbocycles. The third-order valence-corrected chi connectivity index (χ3v) is 2.26. The van der Waals surface area contributed by atoms with Crippen LogP contribution in [0.2, 0.25) is 0 Å². The van der Waals surface area contributed by atoms with Gasteiger partial charge >= 0.3 is 0 Å². The Morgan fingerprint density at radius 1 is 1.43 bits per heavy atom. The Morgan fingerprint density at radius 2 is 2.00 bits per heavy atom. The summed E-state index contributed by atoms with van der Waals surface area (Å²) in [6.45, 7) is 0. The minimum absolute atomic E-state index is 0.0982. The van der Waals surface area contributed by atoms with Crippen molar-refractivity contribution in [2.24, 2.45) is 11.6 Å². The van der Waals surface area contributed by atoms with Crippen molar-refractivity contribution in [1.82, 2.24) is 0 Å². The number of nitrogens with two attached hydrogens (primary N) is 2. The molecule has 3 nitrogen and oxygen atoms in total. The zero-order valence-electron chi connectivity index (χ0n) is 6.80. The Labute approximate surface area is 92.8 Å². The molecule has 0 heterocycles. The molecule has 0 aromatic heterocycles. The van der Waals surface area contributed by atoms with Crippen molar-refractivity contribution >= 4 is 38.9 Å². The van der Waals surface area contributed by atoms with Crippen LogP contribution >= 0.6 is 28.1 Å². The maximum atomic E-state index is 13.2. The predicted octanol–water partition coefficient (Wildman–Crippen LogP) is 1.65. The van der Waals surface area contributed by atoms with Crippen LogP contribution in [0.1, 0.15) is 0 Å². The molecule has 1 aromatic rings. The highest BCUT2D eigenvalue weighted by atomic mass is 79.9. The van der Waals surface area contributed by atoms with E-state index in [-0.39, 0.29) is 15.3 Å². The van der Waals surface area contributed by atoms with Gasteiger partial charge in [0, 0.05) is 10.5 Å². The summed E-state index contributed by atoms with van der Waals surface area (Å²) in [4.78, 5) is 0. The fourth-order valence-electron chi connectivity index (χ4n) is 0.875. The standard InChI is InChI=1S/C7H6BrF2N3S/c8-4-1-3(9)2-5(10)6(4)13(12)7(11)14/h1-2H,12H2,(H2,11,14). The summed E-state index contributed by atoms with van der Waals surface area (Å²) in [5.74, 6) is 3.81. The number of nitrogens with zero attached hydrogens (tertiary/aromatic N) is 1. The second-order valence-electron chi connectivity index (χ2n) is 2.43. The Morgan fingerprint density at radius 3 is 2.43 bits per heavy atom. The van der Waals surface area contributed by atoms with E-state index in [0.717, 1.165) is 11.1 Å². The fraction of sp³-hybridized carbons (Fsp3) is 0. The number of hydrogen-bond acceptors (Lipinski definition) is 2. The highest BCUT2D eigenvalue weighted by Gasteiger charge is 2.15. The van der Waals surface area contributed by atoms with E-state index >= 15 is 0 Å². The van der Waals surface area contributed by atoms with Crippen LogP contribution in [-0.2, 0) is 0 Å². The monoisotopic (exact) mass is 281 g/mol. The lowest BCUT2D eigenvalue weighted by molar-refractivity contribution is 0.582. The van der Waals surface area contributed by atoms with Crippen molar-refractivity contribution < 1.29 is 8.78 Å². The van der Waals surface area contributed by atoms with E-state index in [1.165, 1.54) is 0 Å². The molecule has 0 aliphatic rings. The molecule has 1 aromatic carbocycles. The molecule has 0 aliphatic heterocycles. The third kappa shape index (κ3) is 2.17. The van der Waals surface area contributed by atoms with Gasteiger partial charge in [-0.2, -0.15) is 0 Å². The largest absolute Gasteiger partial charge is 0.375 e. The summed E-state index contributed by atoms with van der Waals surface area (Å²) >= 11 is 7.50. The lowest BCUT2D eigenvalue weighted by Gasteiger charge is -2.18. The number of hydrogen-bond donors (Lipinski definition) is 2. The first-order valence-corrected chi connectivity index (χ1v) is 4.62. The first-order valence-electron chi connectivity index (χ1n) is 3.42. The molecule has 0 atom stereocenters. The Balaban J connectivity index is 3.27. The van der Waals surface area contributed by atoms with Gasteiger partial charge in [-0.25, -0.2) is 14.6 Å².